The number of ether oxygens (including phenoxy) is 4. The molecule has 0 saturated carbocycles. The van der Waals surface area contributed by atoms with Gasteiger partial charge in [-0.2, -0.15) is 0 Å². The second-order valence-electron chi connectivity index (χ2n) is 7.38. The number of esters is 2. The fourth-order valence-electron chi connectivity index (χ4n) is 4.16. The molecule has 0 unspecified atom stereocenters. The van der Waals surface area contributed by atoms with Crippen LogP contribution in [0.25, 0.3) is 0 Å². The monoisotopic (exact) mass is 450 g/mol. The summed E-state index contributed by atoms with van der Waals surface area (Å²) in [6, 6.07) is 15.7. The summed E-state index contributed by atoms with van der Waals surface area (Å²) >= 11 is 0. The molecule has 3 N–H and O–H groups in total. The lowest BCUT2D eigenvalue weighted by Crippen LogP contribution is -2.49. The third-order valence-electron chi connectivity index (χ3n) is 5.51. The molecular formula is C24H22N2O7. The van der Waals surface area contributed by atoms with Crippen molar-refractivity contribution in [2.75, 3.05) is 26.1 Å². The molecule has 170 valence electrons. The van der Waals surface area contributed by atoms with Crippen LogP contribution in [-0.2, 0) is 45.4 Å². The summed E-state index contributed by atoms with van der Waals surface area (Å²) in [6.07, 6.45) is 0. The van der Waals surface area contributed by atoms with E-state index in [0.717, 1.165) is 5.56 Å². The first-order valence-corrected chi connectivity index (χ1v) is 10.1. The van der Waals surface area contributed by atoms with Crippen LogP contribution in [0.5, 0.6) is 0 Å². The molecule has 1 atom stereocenters. The molecule has 9 nitrogen and oxygen atoms in total. The van der Waals surface area contributed by atoms with Gasteiger partial charge in [0.2, 0.25) is 11.8 Å². The zero-order chi connectivity index (χ0) is 23.6. The number of amides is 1. The van der Waals surface area contributed by atoms with Crippen LogP contribution in [0.2, 0.25) is 0 Å². The minimum Gasteiger partial charge on any atom is -0.466 e. The normalized spacial score (nSPS) is 19.2. The van der Waals surface area contributed by atoms with Gasteiger partial charge in [0.05, 0.1) is 7.11 Å². The average molecular weight is 450 g/mol. The first-order valence-electron chi connectivity index (χ1n) is 10.1. The number of hydrogen-bond acceptors (Lipinski definition) is 8. The van der Waals surface area contributed by atoms with Gasteiger partial charge in [0.25, 0.3) is 0 Å². The van der Waals surface area contributed by atoms with E-state index >= 15 is 0 Å². The van der Waals surface area contributed by atoms with Gasteiger partial charge in [-0.1, -0.05) is 48.5 Å². The summed E-state index contributed by atoms with van der Waals surface area (Å²) < 4.78 is 21.3. The van der Waals surface area contributed by atoms with Crippen LogP contribution in [0.3, 0.4) is 0 Å². The van der Waals surface area contributed by atoms with Crippen molar-refractivity contribution in [1.82, 2.24) is 0 Å². The standard InChI is InChI=1S/C24H22N2O7/c1-30-13-17-18(21(27)31-2)24(15-10-6-7-11-16(15)26-23(24)29)19(20(25)33-17)22(28)32-12-14-8-4-3-5-9-14/h3-11H,12-13,25H2,1-2H3,(H,26,29)/t24-/m1/s1. The van der Waals surface area contributed by atoms with E-state index in [1.165, 1.54) is 14.2 Å². The number of nitrogens with two attached hydrogens (primary N) is 1. The summed E-state index contributed by atoms with van der Waals surface area (Å²) in [5.41, 5.74) is 5.24. The van der Waals surface area contributed by atoms with Crippen molar-refractivity contribution >= 4 is 23.5 Å². The molecule has 4 rings (SSSR count). The van der Waals surface area contributed by atoms with Crippen LogP contribution in [-0.4, -0.2) is 38.7 Å². The number of nitrogens with one attached hydrogen (secondary N) is 1. The summed E-state index contributed by atoms with van der Waals surface area (Å²) in [4.78, 5) is 40.0. The molecule has 1 amide bonds. The Balaban J connectivity index is 1.90. The molecular weight excluding hydrogens is 428 g/mol. The maximum absolute atomic E-state index is 13.6. The number of para-hydroxylation sites is 1. The van der Waals surface area contributed by atoms with Gasteiger partial charge in [0.15, 0.2) is 0 Å². The molecule has 2 heterocycles. The van der Waals surface area contributed by atoms with Crippen LogP contribution in [0.4, 0.5) is 5.69 Å². The Morgan fingerprint density at radius 1 is 0.970 bits per heavy atom. The SMILES string of the molecule is COCC1=C(C(=O)OC)[C@@]2(C(=O)Nc3ccccc32)C(C(=O)OCc2ccccc2)=C(N)O1. The van der Waals surface area contributed by atoms with E-state index in [1.54, 1.807) is 48.5 Å². The minimum absolute atomic E-state index is 0.0340. The summed E-state index contributed by atoms with van der Waals surface area (Å²) in [5, 5.41) is 2.73. The number of benzene rings is 2. The number of fused-ring (bicyclic) bond motifs is 2. The van der Waals surface area contributed by atoms with Crippen LogP contribution in [0.1, 0.15) is 11.1 Å². The van der Waals surface area contributed by atoms with Crippen LogP contribution >= 0.6 is 0 Å². The maximum Gasteiger partial charge on any atom is 0.341 e. The highest BCUT2D eigenvalue weighted by Gasteiger charge is 2.62. The smallest absolute Gasteiger partial charge is 0.341 e. The summed E-state index contributed by atoms with van der Waals surface area (Å²) in [6.45, 7) is -0.257. The topological polar surface area (TPSA) is 126 Å². The van der Waals surface area contributed by atoms with Crippen molar-refractivity contribution in [2.45, 2.75) is 12.0 Å². The average Bonchev–Trinajstić information content (AvgIpc) is 3.10. The van der Waals surface area contributed by atoms with Gasteiger partial charge in [-0.25, -0.2) is 9.59 Å². The molecule has 9 heteroatoms. The van der Waals surface area contributed by atoms with Crippen LogP contribution in [0, 0.1) is 0 Å². The lowest BCUT2D eigenvalue weighted by atomic mass is 9.67. The van der Waals surface area contributed by atoms with Crippen molar-refractivity contribution in [3.63, 3.8) is 0 Å². The Kier molecular flexibility index (Phi) is 5.89. The first-order chi connectivity index (χ1) is 15.9. The third-order valence-corrected chi connectivity index (χ3v) is 5.51. The molecule has 0 saturated heterocycles. The lowest BCUT2D eigenvalue weighted by Gasteiger charge is -2.35. The molecule has 2 aromatic rings. The van der Waals surface area contributed by atoms with E-state index in [2.05, 4.69) is 5.32 Å². The molecule has 2 aliphatic rings. The number of methoxy groups -OCH3 is 2. The quantitative estimate of drug-likeness (QED) is 0.639. The van der Waals surface area contributed by atoms with Crippen LogP contribution in [0.15, 0.2) is 77.4 Å². The van der Waals surface area contributed by atoms with Gasteiger partial charge in [0, 0.05) is 18.4 Å². The van der Waals surface area contributed by atoms with E-state index in [1.807, 2.05) is 6.07 Å². The summed E-state index contributed by atoms with van der Waals surface area (Å²) in [5.74, 6) is -2.82. The predicted octanol–water partition coefficient (Wildman–Crippen LogP) is 1.89. The Bertz CT molecular complexity index is 1190. The van der Waals surface area contributed by atoms with Gasteiger partial charge in [-0.05, 0) is 11.6 Å². The van der Waals surface area contributed by atoms with Crippen molar-refractivity contribution in [3.8, 4) is 0 Å². The molecule has 0 radical (unpaired) electrons. The molecule has 2 aromatic carbocycles. The van der Waals surface area contributed by atoms with Crippen LogP contribution < -0.4 is 11.1 Å². The predicted molar refractivity (Wildman–Crippen MR) is 116 cm³/mol. The maximum atomic E-state index is 13.6. The van der Waals surface area contributed by atoms with Crippen molar-refractivity contribution in [2.24, 2.45) is 5.73 Å². The van der Waals surface area contributed by atoms with E-state index in [-0.39, 0.29) is 36.0 Å². The number of hydrogen-bond donors (Lipinski definition) is 2. The van der Waals surface area contributed by atoms with Crippen molar-refractivity contribution < 1.29 is 33.3 Å². The molecule has 0 aromatic heterocycles. The van der Waals surface area contributed by atoms with Crippen molar-refractivity contribution in [3.05, 3.63) is 88.5 Å². The molecule has 1 spiro atoms. The van der Waals surface area contributed by atoms with E-state index in [0.29, 0.717) is 11.3 Å². The Morgan fingerprint density at radius 3 is 2.36 bits per heavy atom. The Morgan fingerprint density at radius 2 is 1.67 bits per heavy atom. The fraction of sp³-hybridized carbons (Fsp3) is 0.208. The van der Waals surface area contributed by atoms with E-state index in [4.69, 9.17) is 24.7 Å². The molecule has 0 bridgehead atoms. The number of carbonyl (C=O) groups is 3. The van der Waals surface area contributed by atoms with E-state index < -0.39 is 23.3 Å². The first kappa shape index (κ1) is 22.1. The number of carbonyl (C=O) groups excluding carboxylic acids is 3. The highest BCUT2D eigenvalue weighted by Crippen LogP contribution is 2.52. The largest absolute Gasteiger partial charge is 0.466 e. The Labute approximate surface area is 189 Å². The molecule has 0 fully saturated rings. The zero-order valence-corrected chi connectivity index (χ0v) is 18.0. The van der Waals surface area contributed by atoms with Crippen molar-refractivity contribution in [1.29, 1.82) is 0 Å². The van der Waals surface area contributed by atoms with Gasteiger partial charge >= 0.3 is 11.9 Å². The minimum atomic E-state index is -1.94. The van der Waals surface area contributed by atoms with Gasteiger partial charge in [-0.15, -0.1) is 0 Å². The highest BCUT2D eigenvalue weighted by molar-refractivity contribution is 6.21. The molecule has 2 aliphatic heterocycles. The summed E-state index contributed by atoms with van der Waals surface area (Å²) in [7, 11) is 2.56. The second kappa shape index (κ2) is 8.79. The van der Waals surface area contributed by atoms with Gasteiger partial charge < -0.3 is 30.0 Å². The van der Waals surface area contributed by atoms with Gasteiger partial charge in [0.1, 0.15) is 35.5 Å². The number of anilines is 1. The highest BCUT2D eigenvalue weighted by atomic mass is 16.6. The lowest BCUT2D eigenvalue weighted by molar-refractivity contribution is -0.143. The van der Waals surface area contributed by atoms with Gasteiger partial charge in [-0.3, -0.25) is 4.79 Å². The fourth-order valence-corrected chi connectivity index (χ4v) is 4.16. The second-order valence-corrected chi connectivity index (χ2v) is 7.38. The Hall–Kier alpha value is -4.11. The zero-order valence-electron chi connectivity index (χ0n) is 18.0. The molecule has 0 aliphatic carbocycles. The third kappa shape index (κ3) is 3.52. The molecule has 33 heavy (non-hydrogen) atoms. The van der Waals surface area contributed by atoms with E-state index in [9.17, 15) is 14.4 Å². The number of rotatable bonds is 6.